The lowest BCUT2D eigenvalue weighted by atomic mass is 10.1. The van der Waals surface area contributed by atoms with Crippen molar-refractivity contribution in [3.63, 3.8) is 0 Å². The SMILES string of the molecule is COc1ccc(CCNC(N)=NCCCOCC(C)C)cc1OC. The number of hydrogen-bond donors (Lipinski definition) is 2. The highest BCUT2D eigenvalue weighted by Gasteiger charge is 2.04. The number of ether oxygens (including phenoxy) is 3. The van der Waals surface area contributed by atoms with Crippen LogP contribution in [-0.2, 0) is 11.2 Å². The van der Waals surface area contributed by atoms with E-state index in [4.69, 9.17) is 19.9 Å². The Kier molecular flexibility index (Phi) is 9.68. The van der Waals surface area contributed by atoms with Crippen molar-refractivity contribution < 1.29 is 14.2 Å². The number of benzene rings is 1. The highest BCUT2D eigenvalue weighted by molar-refractivity contribution is 5.77. The van der Waals surface area contributed by atoms with Crippen molar-refractivity contribution in [2.45, 2.75) is 26.7 Å². The minimum absolute atomic E-state index is 0.472. The van der Waals surface area contributed by atoms with Gasteiger partial charge in [0.15, 0.2) is 17.5 Å². The van der Waals surface area contributed by atoms with Crippen LogP contribution in [0.4, 0.5) is 0 Å². The first kappa shape index (κ1) is 20.1. The lowest BCUT2D eigenvalue weighted by Crippen LogP contribution is -2.33. The van der Waals surface area contributed by atoms with Gasteiger partial charge in [-0.15, -0.1) is 0 Å². The summed E-state index contributed by atoms with van der Waals surface area (Å²) in [7, 11) is 3.26. The second-order valence-electron chi connectivity index (χ2n) is 5.96. The number of hydrogen-bond acceptors (Lipinski definition) is 4. The van der Waals surface area contributed by atoms with E-state index in [2.05, 4.69) is 24.2 Å². The van der Waals surface area contributed by atoms with Gasteiger partial charge in [0.2, 0.25) is 0 Å². The summed E-state index contributed by atoms with van der Waals surface area (Å²) in [4.78, 5) is 4.29. The first-order chi connectivity index (χ1) is 11.6. The molecule has 0 aliphatic rings. The molecule has 0 radical (unpaired) electrons. The Labute approximate surface area is 145 Å². The van der Waals surface area contributed by atoms with Crippen LogP contribution in [0, 0.1) is 5.92 Å². The molecule has 0 bridgehead atoms. The van der Waals surface area contributed by atoms with Gasteiger partial charge < -0.3 is 25.3 Å². The van der Waals surface area contributed by atoms with Gasteiger partial charge in [-0.1, -0.05) is 19.9 Å². The van der Waals surface area contributed by atoms with Crippen molar-refractivity contribution in [1.82, 2.24) is 5.32 Å². The average molecular weight is 337 g/mol. The van der Waals surface area contributed by atoms with Crippen molar-refractivity contribution in [2.24, 2.45) is 16.6 Å². The highest BCUT2D eigenvalue weighted by Crippen LogP contribution is 2.27. The number of methoxy groups -OCH3 is 2. The van der Waals surface area contributed by atoms with Crippen LogP contribution >= 0.6 is 0 Å². The summed E-state index contributed by atoms with van der Waals surface area (Å²) in [6.45, 7) is 7.18. The predicted molar refractivity (Wildman–Crippen MR) is 98.0 cm³/mol. The van der Waals surface area contributed by atoms with Gasteiger partial charge >= 0.3 is 0 Å². The molecule has 1 aromatic rings. The Morgan fingerprint density at radius 3 is 2.62 bits per heavy atom. The van der Waals surface area contributed by atoms with Crippen LogP contribution in [0.3, 0.4) is 0 Å². The summed E-state index contributed by atoms with van der Waals surface area (Å²) < 4.78 is 16.0. The number of nitrogens with zero attached hydrogens (tertiary/aromatic N) is 1. The van der Waals surface area contributed by atoms with Gasteiger partial charge in [-0.25, -0.2) is 0 Å². The van der Waals surface area contributed by atoms with E-state index in [1.165, 1.54) is 0 Å². The molecule has 0 unspecified atom stereocenters. The fourth-order valence-electron chi connectivity index (χ4n) is 2.11. The van der Waals surface area contributed by atoms with E-state index in [0.29, 0.717) is 25.0 Å². The molecule has 0 atom stereocenters. The summed E-state index contributed by atoms with van der Waals surface area (Å²) in [6.07, 6.45) is 1.71. The molecule has 1 aromatic carbocycles. The van der Waals surface area contributed by atoms with Gasteiger partial charge in [0, 0.05) is 26.3 Å². The second-order valence-corrected chi connectivity index (χ2v) is 5.96. The second kappa shape index (κ2) is 11.6. The van der Waals surface area contributed by atoms with E-state index in [1.54, 1.807) is 14.2 Å². The Hall–Kier alpha value is -1.95. The van der Waals surface area contributed by atoms with Gasteiger partial charge in [-0.3, -0.25) is 4.99 Å². The zero-order chi connectivity index (χ0) is 17.8. The van der Waals surface area contributed by atoms with Gasteiger partial charge in [-0.2, -0.15) is 0 Å². The molecule has 0 spiro atoms. The van der Waals surface area contributed by atoms with E-state index >= 15 is 0 Å². The van der Waals surface area contributed by atoms with Crippen molar-refractivity contribution >= 4 is 5.96 Å². The van der Waals surface area contributed by atoms with E-state index in [-0.39, 0.29) is 0 Å². The van der Waals surface area contributed by atoms with Crippen LogP contribution in [0.2, 0.25) is 0 Å². The van der Waals surface area contributed by atoms with Gasteiger partial charge in [0.25, 0.3) is 0 Å². The smallest absolute Gasteiger partial charge is 0.188 e. The van der Waals surface area contributed by atoms with Crippen LogP contribution < -0.4 is 20.5 Å². The molecule has 0 amide bonds. The normalized spacial score (nSPS) is 11.6. The third-order valence-corrected chi connectivity index (χ3v) is 3.35. The van der Waals surface area contributed by atoms with Crippen LogP contribution in [0.25, 0.3) is 0 Å². The number of guanidine groups is 1. The number of nitrogens with one attached hydrogen (secondary N) is 1. The first-order valence-electron chi connectivity index (χ1n) is 8.39. The Bertz CT molecular complexity index is 504. The van der Waals surface area contributed by atoms with Crippen LogP contribution in [-0.4, -0.2) is 46.5 Å². The van der Waals surface area contributed by atoms with E-state index in [0.717, 1.165) is 43.1 Å². The van der Waals surface area contributed by atoms with Crippen LogP contribution in [0.15, 0.2) is 23.2 Å². The molecule has 0 saturated heterocycles. The number of aliphatic imine (C=N–C) groups is 1. The number of rotatable bonds is 11. The van der Waals surface area contributed by atoms with Crippen molar-refractivity contribution in [3.05, 3.63) is 23.8 Å². The molecule has 1 rings (SSSR count). The van der Waals surface area contributed by atoms with E-state index in [1.807, 2.05) is 18.2 Å². The first-order valence-corrected chi connectivity index (χ1v) is 8.39. The Morgan fingerprint density at radius 2 is 1.96 bits per heavy atom. The fourth-order valence-corrected chi connectivity index (χ4v) is 2.11. The maximum Gasteiger partial charge on any atom is 0.188 e. The standard InChI is InChI=1S/C18H31N3O3/c1-14(2)13-24-11-5-9-20-18(19)21-10-8-15-6-7-16(22-3)17(12-15)23-4/h6-7,12,14H,5,8-11,13H2,1-4H3,(H3,19,20,21). The summed E-state index contributed by atoms with van der Waals surface area (Å²) in [6, 6.07) is 5.89. The Balaban J connectivity index is 2.25. The van der Waals surface area contributed by atoms with Crippen molar-refractivity contribution in [1.29, 1.82) is 0 Å². The topological polar surface area (TPSA) is 78.1 Å². The third-order valence-electron chi connectivity index (χ3n) is 3.35. The molecule has 0 aliphatic carbocycles. The highest BCUT2D eigenvalue weighted by atomic mass is 16.5. The quantitative estimate of drug-likeness (QED) is 0.368. The molecular formula is C18H31N3O3. The maximum absolute atomic E-state index is 5.86. The Morgan fingerprint density at radius 1 is 1.21 bits per heavy atom. The molecule has 0 fully saturated rings. The molecule has 24 heavy (non-hydrogen) atoms. The summed E-state index contributed by atoms with van der Waals surface area (Å²) in [5.41, 5.74) is 7.00. The zero-order valence-electron chi connectivity index (χ0n) is 15.3. The van der Waals surface area contributed by atoms with Crippen molar-refractivity contribution in [2.75, 3.05) is 40.5 Å². The summed E-state index contributed by atoms with van der Waals surface area (Å²) in [5, 5.41) is 3.12. The molecule has 6 nitrogen and oxygen atoms in total. The van der Waals surface area contributed by atoms with Gasteiger partial charge in [-0.05, 0) is 36.5 Å². The lowest BCUT2D eigenvalue weighted by Gasteiger charge is -2.10. The molecule has 0 aromatic heterocycles. The predicted octanol–water partition coefficient (Wildman–Crippen LogP) is 2.21. The fraction of sp³-hybridized carbons (Fsp3) is 0.611. The molecule has 3 N–H and O–H groups in total. The zero-order valence-corrected chi connectivity index (χ0v) is 15.3. The molecule has 0 saturated carbocycles. The summed E-state index contributed by atoms with van der Waals surface area (Å²) in [5.74, 6) is 2.50. The lowest BCUT2D eigenvalue weighted by molar-refractivity contribution is 0.109. The number of nitrogens with two attached hydrogens (primary N) is 1. The van der Waals surface area contributed by atoms with Gasteiger partial charge in [0.05, 0.1) is 14.2 Å². The molecule has 0 aliphatic heterocycles. The minimum atomic E-state index is 0.472. The van der Waals surface area contributed by atoms with Crippen LogP contribution in [0.1, 0.15) is 25.8 Å². The molecule has 6 heteroatoms. The van der Waals surface area contributed by atoms with Crippen LogP contribution in [0.5, 0.6) is 11.5 Å². The summed E-state index contributed by atoms with van der Waals surface area (Å²) >= 11 is 0. The molecule has 136 valence electrons. The monoisotopic (exact) mass is 337 g/mol. The largest absolute Gasteiger partial charge is 0.493 e. The molecule has 0 heterocycles. The maximum atomic E-state index is 5.86. The third kappa shape index (κ3) is 8.06. The minimum Gasteiger partial charge on any atom is -0.493 e. The van der Waals surface area contributed by atoms with E-state index in [9.17, 15) is 0 Å². The van der Waals surface area contributed by atoms with Crippen molar-refractivity contribution in [3.8, 4) is 11.5 Å². The molecular weight excluding hydrogens is 306 g/mol. The van der Waals surface area contributed by atoms with Gasteiger partial charge in [0.1, 0.15) is 0 Å². The average Bonchev–Trinajstić information content (AvgIpc) is 2.57. The van der Waals surface area contributed by atoms with E-state index < -0.39 is 0 Å².